The largest absolute Gasteiger partial charge is 0.618 e. The zero-order chi connectivity index (χ0) is 14.0. The molecule has 0 aliphatic carbocycles. The maximum Gasteiger partial charge on any atom is 0.402 e. The molecule has 0 saturated heterocycles. The van der Waals surface area contributed by atoms with E-state index in [-0.39, 0.29) is 16.2 Å². The van der Waals surface area contributed by atoms with E-state index >= 15 is 0 Å². The van der Waals surface area contributed by atoms with E-state index in [1.54, 1.807) is 0 Å². The van der Waals surface area contributed by atoms with Gasteiger partial charge in [0.15, 0.2) is 5.75 Å². The summed E-state index contributed by atoms with van der Waals surface area (Å²) in [7, 11) is 1.36. The number of hydrogen-bond donors (Lipinski definition) is 1. The Hall–Kier alpha value is -2.63. The third-order valence-electron chi connectivity index (χ3n) is 2.60. The van der Waals surface area contributed by atoms with Crippen LogP contribution in [0.3, 0.4) is 0 Å². The van der Waals surface area contributed by atoms with Crippen molar-refractivity contribution in [3.8, 4) is 17.0 Å². The van der Waals surface area contributed by atoms with E-state index in [0.717, 1.165) is 6.07 Å². The summed E-state index contributed by atoms with van der Waals surface area (Å²) in [5.74, 6) is -1.58. The van der Waals surface area contributed by atoms with Gasteiger partial charge in [-0.2, -0.15) is 4.73 Å². The van der Waals surface area contributed by atoms with Crippen LogP contribution in [0, 0.1) is 11.0 Å². The van der Waals surface area contributed by atoms with Crippen molar-refractivity contribution in [2.75, 3.05) is 7.11 Å². The van der Waals surface area contributed by atoms with Gasteiger partial charge < -0.3 is 15.1 Å². The van der Waals surface area contributed by atoms with E-state index in [4.69, 9.17) is 9.84 Å². The Labute approximate surface area is 108 Å². The molecule has 0 radical (unpaired) electrons. The molecule has 2 rings (SSSR count). The van der Waals surface area contributed by atoms with Gasteiger partial charge in [-0.05, 0) is 30.3 Å². The minimum absolute atomic E-state index is 0.0300. The van der Waals surface area contributed by atoms with Crippen LogP contribution in [0.25, 0.3) is 11.3 Å². The molecule has 1 aromatic carbocycles. The van der Waals surface area contributed by atoms with E-state index in [0.29, 0.717) is 5.56 Å². The number of aromatic nitrogens is 1. The predicted molar refractivity (Wildman–Crippen MR) is 64.3 cm³/mol. The lowest BCUT2D eigenvalue weighted by Gasteiger charge is -2.10. The van der Waals surface area contributed by atoms with Crippen LogP contribution in [0.1, 0.15) is 10.5 Å². The summed E-state index contributed by atoms with van der Waals surface area (Å²) in [6.07, 6.45) is 0. The lowest BCUT2D eigenvalue weighted by molar-refractivity contribution is -0.597. The van der Waals surface area contributed by atoms with Gasteiger partial charge in [0.2, 0.25) is 0 Å². The van der Waals surface area contributed by atoms with E-state index in [9.17, 15) is 14.4 Å². The highest BCUT2D eigenvalue weighted by Crippen LogP contribution is 2.26. The molecule has 0 spiro atoms. The first-order chi connectivity index (χ1) is 9.04. The van der Waals surface area contributed by atoms with Crippen molar-refractivity contribution in [2.45, 2.75) is 0 Å². The number of methoxy groups -OCH3 is 1. The Balaban J connectivity index is 2.69. The second kappa shape index (κ2) is 4.93. The Morgan fingerprint density at radius 1 is 1.26 bits per heavy atom. The number of carboxylic acids is 1. The van der Waals surface area contributed by atoms with Crippen LogP contribution in [0.4, 0.5) is 4.39 Å². The summed E-state index contributed by atoms with van der Waals surface area (Å²) in [5, 5.41) is 21.0. The van der Waals surface area contributed by atoms with Crippen LogP contribution in [0.2, 0.25) is 0 Å². The zero-order valence-corrected chi connectivity index (χ0v) is 9.96. The number of hydrogen-bond acceptors (Lipinski definition) is 3. The van der Waals surface area contributed by atoms with Gasteiger partial charge in [-0.25, -0.2) is 9.18 Å². The van der Waals surface area contributed by atoms with Crippen molar-refractivity contribution in [1.82, 2.24) is 0 Å². The second-order valence-electron chi connectivity index (χ2n) is 3.74. The number of carboxylic acid groups (broad SMARTS) is 1. The highest BCUT2D eigenvalue weighted by molar-refractivity contribution is 5.84. The molecule has 1 aromatic heterocycles. The highest BCUT2D eigenvalue weighted by atomic mass is 19.1. The first-order valence-corrected chi connectivity index (χ1v) is 5.34. The smallest absolute Gasteiger partial charge is 0.402 e. The van der Waals surface area contributed by atoms with Gasteiger partial charge in [0.05, 0.1) is 12.7 Å². The molecule has 0 fully saturated rings. The average molecular weight is 263 g/mol. The predicted octanol–water partition coefficient (Wildman–Crippen LogP) is 1.83. The molecule has 0 atom stereocenters. The Morgan fingerprint density at radius 2 is 1.89 bits per heavy atom. The molecule has 0 saturated carbocycles. The van der Waals surface area contributed by atoms with Gasteiger partial charge in [0.25, 0.3) is 5.69 Å². The Bertz CT molecular complexity index is 625. The number of halogens is 1. The van der Waals surface area contributed by atoms with Crippen LogP contribution in [-0.4, -0.2) is 18.2 Å². The fourth-order valence-corrected chi connectivity index (χ4v) is 1.71. The number of rotatable bonds is 3. The van der Waals surface area contributed by atoms with E-state index in [2.05, 4.69) is 0 Å². The number of pyridine rings is 1. The maximum atomic E-state index is 12.9. The molecule has 98 valence electrons. The molecule has 0 bridgehead atoms. The van der Waals surface area contributed by atoms with E-state index < -0.39 is 17.5 Å². The third-order valence-corrected chi connectivity index (χ3v) is 2.60. The molecule has 1 N–H and O–H groups in total. The summed E-state index contributed by atoms with van der Waals surface area (Å²) in [6, 6.07) is 7.67. The van der Waals surface area contributed by atoms with E-state index in [1.165, 1.54) is 37.4 Å². The van der Waals surface area contributed by atoms with E-state index in [1.807, 2.05) is 0 Å². The van der Waals surface area contributed by atoms with Crippen LogP contribution in [0.5, 0.6) is 5.75 Å². The fourth-order valence-electron chi connectivity index (χ4n) is 1.71. The number of nitrogens with zero attached hydrogens (tertiary/aromatic N) is 1. The van der Waals surface area contributed by atoms with Crippen molar-refractivity contribution in [2.24, 2.45) is 0 Å². The van der Waals surface area contributed by atoms with Gasteiger partial charge in [0.1, 0.15) is 5.82 Å². The van der Waals surface area contributed by atoms with Gasteiger partial charge >= 0.3 is 11.7 Å². The van der Waals surface area contributed by atoms with Gasteiger partial charge in [0, 0.05) is 6.07 Å². The first kappa shape index (κ1) is 12.8. The summed E-state index contributed by atoms with van der Waals surface area (Å²) < 4.78 is 18.2. The van der Waals surface area contributed by atoms with Crippen molar-refractivity contribution in [1.29, 1.82) is 0 Å². The zero-order valence-electron chi connectivity index (χ0n) is 9.96. The average Bonchev–Trinajstić information content (AvgIpc) is 2.39. The Morgan fingerprint density at radius 3 is 2.42 bits per heavy atom. The van der Waals surface area contributed by atoms with Crippen molar-refractivity contribution in [3.05, 3.63) is 53.1 Å². The van der Waals surface area contributed by atoms with Crippen molar-refractivity contribution < 1.29 is 23.8 Å². The molecule has 5 nitrogen and oxygen atoms in total. The molecule has 2 aromatic rings. The third kappa shape index (κ3) is 2.33. The first-order valence-electron chi connectivity index (χ1n) is 5.34. The standard InChI is InChI=1S/C13H10FNO4/c1-19-11-7-6-10(13(16)17)15(18)12(11)8-2-4-9(14)5-3-8/h2-7H,1H3,(H,16,17). The number of ether oxygens (including phenoxy) is 1. The molecular formula is C13H10FNO4. The number of aromatic carboxylic acids is 1. The normalized spacial score (nSPS) is 10.2. The second-order valence-corrected chi connectivity index (χ2v) is 3.74. The molecule has 0 aliphatic rings. The van der Waals surface area contributed by atoms with Crippen LogP contribution >= 0.6 is 0 Å². The fraction of sp³-hybridized carbons (Fsp3) is 0.0769. The lowest BCUT2D eigenvalue weighted by atomic mass is 10.1. The SMILES string of the molecule is COc1ccc(C(=O)O)[n+]([O-])c1-c1ccc(F)cc1. The van der Waals surface area contributed by atoms with Gasteiger partial charge in [-0.15, -0.1) is 0 Å². The van der Waals surface area contributed by atoms with Gasteiger partial charge in [-0.3, -0.25) is 0 Å². The lowest BCUT2D eigenvalue weighted by Crippen LogP contribution is -2.37. The van der Waals surface area contributed by atoms with Gasteiger partial charge in [-0.1, -0.05) is 0 Å². The van der Waals surface area contributed by atoms with Crippen molar-refractivity contribution >= 4 is 5.97 Å². The summed E-state index contributed by atoms with van der Waals surface area (Å²) >= 11 is 0. The van der Waals surface area contributed by atoms with Crippen molar-refractivity contribution in [3.63, 3.8) is 0 Å². The summed E-state index contributed by atoms with van der Waals surface area (Å²) in [4.78, 5) is 10.9. The highest BCUT2D eigenvalue weighted by Gasteiger charge is 2.23. The molecule has 19 heavy (non-hydrogen) atoms. The van der Waals surface area contributed by atoms with Crippen LogP contribution < -0.4 is 9.47 Å². The number of carbonyl (C=O) groups is 1. The quantitative estimate of drug-likeness (QED) is 0.677. The number of benzene rings is 1. The minimum Gasteiger partial charge on any atom is -0.618 e. The molecule has 0 amide bonds. The molecule has 0 unspecified atom stereocenters. The summed E-state index contributed by atoms with van der Waals surface area (Å²) in [6.45, 7) is 0. The molecule has 6 heteroatoms. The summed E-state index contributed by atoms with van der Waals surface area (Å²) in [5.41, 5.74) is -0.0288. The Kier molecular flexibility index (Phi) is 3.33. The van der Waals surface area contributed by atoms with Crippen LogP contribution in [-0.2, 0) is 0 Å². The monoisotopic (exact) mass is 263 g/mol. The molecule has 0 aliphatic heterocycles. The molecular weight excluding hydrogens is 253 g/mol. The van der Waals surface area contributed by atoms with Crippen LogP contribution in [0.15, 0.2) is 36.4 Å². The molecule has 1 heterocycles. The maximum absolute atomic E-state index is 12.9. The topological polar surface area (TPSA) is 73.5 Å². The minimum atomic E-state index is -1.35.